The van der Waals surface area contributed by atoms with Crippen LogP contribution in [-0.2, 0) is 0 Å². The Kier molecular flexibility index (Phi) is 21.9. The highest BCUT2D eigenvalue weighted by molar-refractivity contribution is 6.15. The molecule has 10 heteroatoms. The van der Waals surface area contributed by atoms with Crippen LogP contribution in [0.15, 0.2) is 546 Å². The van der Waals surface area contributed by atoms with Crippen LogP contribution in [-0.4, -0.2) is 18.3 Å². The predicted octanol–water partition coefficient (Wildman–Crippen LogP) is 36.6. The minimum Gasteiger partial charge on any atom is -0.310 e. The van der Waals surface area contributed by atoms with Crippen LogP contribution >= 0.6 is 0 Å². The normalized spacial score (nSPS) is 11.5. The van der Waals surface area contributed by atoms with Crippen LogP contribution in [0, 0.1) is 11.6 Å². The molecule has 0 radical (unpaired) electrons. The van der Waals surface area contributed by atoms with Crippen molar-refractivity contribution in [3.63, 3.8) is 0 Å². The number of aromatic nitrogens is 4. The molecule has 0 atom stereocenters. The zero-order valence-electron chi connectivity index (χ0n) is 77.3. The van der Waals surface area contributed by atoms with Gasteiger partial charge in [-0.05, 0) is 311 Å². The number of para-hydroxylation sites is 8. The van der Waals surface area contributed by atoms with Crippen molar-refractivity contribution in [2.75, 3.05) is 19.6 Å². The highest BCUT2D eigenvalue weighted by Crippen LogP contribution is 2.49. The summed E-state index contributed by atoms with van der Waals surface area (Å²) >= 11 is 0. The van der Waals surface area contributed by atoms with Crippen LogP contribution in [0.3, 0.4) is 0 Å². The van der Waals surface area contributed by atoms with E-state index in [0.29, 0.717) is 0 Å². The fourth-order valence-electron chi connectivity index (χ4n) is 20.9. The predicted molar refractivity (Wildman–Crippen MR) is 591 cm³/mol. The van der Waals surface area contributed by atoms with Gasteiger partial charge in [0.05, 0.1) is 44.1 Å². The molecule has 0 unspecified atom stereocenters. The molecule has 26 rings (SSSR count). The van der Waals surface area contributed by atoms with E-state index < -0.39 is 0 Å². The molecule has 4 aromatic heterocycles. The average molecular weight is 1830 g/mol. The summed E-state index contributed by atoms with van der Waals surface area (Å²) in [6.07, 6.45) is 0. The van der Waals surface area contributed by atoms with E-state index in [4.69, 9.17) is 0 Å². The van der Waals surface area contributed by atoms with Crippen LogP contribution in [0.2, 0.25) is 0 Å². The molecule has 0 amide bonds. The number of nitrogens with zero attached hydrogens (tertiary/aromatic N) is 8. The zero-order valence-corrected chi connectivity index (χ0v) is 77.3. The van der Waals surface area contributed by atoms with E-state index in [1.165, 1.54) is 90.1 Å². The van der Waals surface area contributed by atoms with Crippen molar-refractivity contribution in [3.8, 4) is 67.3 Å². The Balaban J connectivity index is 0.000000151. The fraction of sp³-hybridized carbons (Fsp3) is 0. The largest absolute Gasteiger partial charge is 0.310 e. The highest BCUT2D eigenvalue weighted by atomic mass is 19.1. The molecule has 26 aromatic rings. The molecule has 4 heterocycles. The minimum absolute atomic E-state index is 0.255. The van der Waals surface area contributed by atoms with Crippen LogP contribution in [0.4, 0.5) is 77.0 Å². The second-order valence-electron chi connectivity index (χ2n) is 35.9. The van der Waals surface area contributed by atoms with Gasteiger partial charge in [-0.2, -0.15) is 0 Å². The maximum absolute atomic E-state index is 14.0. The van der Waals surface area contributed by atoms with Crippen molar-refractivity contribution in [3.05, 3.63) is 558 Å². The Morgan fingerprint density at radius 3 is 0.577 bits per heavy atom. The Labute approximate surface area is 821 Å². The first-order valence-corrected chi connectivity index (χ1v) is 48.0. The second-order valence-corrected chi connectivity index (χ2v) is 35.9. The molecule has 0 spiro atoms. The topological polar surface area (TPSA) is 32.7 Å². The first kappa shape index (κ1) is 84.8. The van der Waals surface area contributed by atoms with E-state index in [-0.39, 0.29) is 11.6 Å². The SMILES string of the molecule is Fc1ccc(-n2c3ccccc3c3cc(N(c4ccccc4)c4ccc(-c5ccc(N(c6ccccc6)c6ccc7c(c6)c6ccccc6n7-c6ccc(F)cc6)cc5)cc4)ccc32)cc1.c1ccc(-c2cccc(N(c3ccc(-c4ccc(N(c5cccc(-c6ccccc6)c5)c5ccc6c(c5)c5ccccc5n6-c5ccccc5)cc4)cc3)c3ccc4c(c3)c3ccccc3n4-c3ccccc3)c2)cc1. The fourth-order valence-corrected chi connectivity index (χ4v) is 20.9. The number of halogens is 2. The molecule has 0 N–H and O–H groups in total. The number of rotatable bonds is 20. The molecule has 0 bridgehead atoms. The third-order valence-corrected chi connectivity index (χ3v) is 27.5. The molecule has 0 saturated carbocycles. The quantitative estimate of drug-likeness (QED) is 0.0761. The molecular formula is C132H90F2N8. The van der Waals surface area contributed by atoms with Crippen molar-refractivity contribution >= 4 is 155 Å². The maximum atomic E-state index is 14.0. The molecule has 0 aliphatic rings. The summed E-state index contributed by atoms with van der Waals surface area (Å²) in [4.78, 5) is 9.37. The van der Waals surface area contributed by atoms with E-state index in [1.54, 1.807) is 0 Å². The Morgan fingerprint density at radius 2 is 0.303 bits per heavy atom. The van der Waals surface area contributed by atoms with Crippen LogP contribution in [0.5, 0.6) is 0 Å². The van der Waals surface area contributed by atoms with Gasteiger partial charge in [0.15, 0.2) is 0 Å². The van der Waals surface area contributed by atoms with Gasteiger partial charge in [-0.1, -0.05) is 279 Å². The Hall–Kier alpha value is -18.9. The molecule has 672 valence electrons. The van der Waals surface area contributed by atoms with Gasteiger partial charge in [-0.25, -0.2) is 8.78 Å². The summed E-state index contributed by atoms with van der Waals surface area (Å²) in [7, 11) is 0. The minimum atomic E-state index is -0.255. The van der Waals surface area contributed by atoms with Gasteiger partial charge >= 0.3 is 0 Å². The van der Waals surface area contributed by atoms with E-state index >= 15 is 0 Å². The lowest BCUT2D eigenvalue weighted by Gasteiger charge is -2.27. The molecule has 142 heavy (non-hydrogen) atoms. The molecule has 0 aliphatic carbocycles. The third-order valence-electron chi connectivity index (χ3n) is 27.5. The second kappa shape index (κ2) is 36.6. The molecule has 0 saturated heterocycles. The maximum Gasteiger partial charge on any atom is 0.123 e. The van der Waals surface area contributed by atoms with Gasteiger partial charge < -0.3 is 37.9 Å². The van der Waals surface area contributed by atoms with Crippen LogP contribution in [0.25, 0.3) is 154 Å². The molecule has 0 fully saturated rings. The van der Waals surface area contributed by atoms with Gasteiger partial charge in [0.25, 0.3) is 0 Å². The Bertz CT molecular complexity index is 8590. The molecule has 22 aromatic carbocycles. The van der Waals surface area contributed by atoms with Crippen molar-refractivity contribution in [1.29, 1.82) is 0 Å². The number of benzene rings is 22. The summed E-state index contributed by atoms with van der Waals surface area (Å²) < 4.78 is 37.2. The first-order chi connectivity index (χ1) is 70.2. The summed E-state index contributed by atoms with van der Waals surface area (Å²) in [5.74, 6) is -0.510. The van der Waals surface area contributed by atoms with Gasteiger partial charge in [0, 0.05) is 134 Å². The lowest BCUT2D eigenvalue weighted by atomic mass is 10.0. The van der Waals surface area contributed by atoms with Gasteiger partial charge in [-0.15, -0.1) is 0 Å². The zero-order chi connectivity index (χ0) is 94.5. The molecule has 0 aliphatic heterocycles. The van der Waals surface area contributed by atoms with E-state index in [9.17, 15) is 8.78 Å². The molecule has 8 nitrogen and oxygen atoms in total. The number of anilines is 12. The summed E-state index contributed by atoms with van der Waals surface area (Å²) in [5.41, 5.74) is 35.0. The third kappa shape index (κ3) is 15.7. The lowest BCUT2D eigenvalue weighted by Crippen LogP contribution is -2.10. The van der Waals surface area contributed by atoms with Crippen molar-refractivity contribution in [1.82, 2.24) is 18.3 Å². The van der Waals surface area contributed by atoms with Gasteiger partial charge in [0.1, 0.15) is 11.6 Å². The van der Waals surface area contributed by atoms with Gasteiger partial charge in [0.2, 0.25) is 0 Å². The summed E-state index contributed by atoms with van der Waals surface area (Å²) in [5, 5.41) is 9.35. The van der Waals surface area contributed by atoms with E-state index in [2.05, 4.69) is 511 Å². The number of hydrogen-bond acceptors (Lipinski definition) is 4. The van der Waals surface area contributed by atoms with E-state index in [0.717, 1.165) is 157 Å². The van der Waals surface area contributed by atoms with Crippen LogP contribution in [0.1, 0.15) is 0 Å². The van der Waals surface area contributed by atoms with Crippen molar-refractivity contribution in [2.45, 2.75) is 0 Å². The lowest BCUT2D eigenvalue weighted by molar-refractivity contribution is 0.627. The van der Waals surface area contributed by atoms with Crippen molar-refractivity contribution in [2.24, 2.45) is 0 Å². The Morgan fingerprint density at radius 1 is 0.120 bits per heavy atom. The number of fused-ring (bicyclic) bond motifs is 12. The monoisotopic (exact) mass is 1820 g/mol. The number of hydrogen-bond donors (Lipinski definition) is 0. The summed E-state index contributed by atoms with van der Waals surface area (Å²) in [6.45, 7) is 0. The molecular weight excluding hydrogens is 1740 g/mol. The van der Waals surface area contributed by atoms with E-state index in [1.807, 2.05) is 48.5 Å². The average Bonchev–Trinajstić information content (AvgIpc) is 1.56. The van der Waals surface area contributed by atoms with Crippen molar-refractivity contribution < 1.29 is 8.78 Å². The summed E-state index contributed by atoms with van der Waals surface area (Å²) in [6, 6.07) is 192. The smallest absolute Gasteiger partial charge is 0.123 e. The first-order valence-electron chi connectivity index (χ1n) is 48.0. The van der Waals surface area contributed by atoms with Gasteiger partial charge in [-0.3, -0.25) is 0 Å². The highest BCUT2D eigenvalue weighted by Gasteiger charge is 2.26. The van der Waals surface area contributed by atoms with Crippen LogP contribution < -0.4 is 19.6 Å². The standard InChI is InChI=1S/C72H50N4.C60H40F2N4/c1-5-19-51(20-6-1)55-23-17-29-61(47-55)73(63-43-45-71-67(49-63)65-31-13-15-33-69(65)75(71)57-25-9-3-10-26-57)59-39-35-53(36-40-59)54-37-41-60(42-38-54)74(62-30-18-24-56(48-62)52-21-7-2-8-22-52)64-44-46-72-68(50-64)66-32-14-16-34-70(66)76(72)58-27-11-4-12-28-58;61-43-23-31-49(32-24-43)65-57-17-9-7-15-53(57)55-39-51(35-37-59(55)65)63(45-11-3-1-4-12-45)47-27-19-41(20-28-47)42-21-29-48(30-22-42)64(46-13-5-2-6-14-46)52-36-38-60-56(40-52)54-16-8-10-18-58(54)66(60)50-33-25-44(62)26-34-50/h1-50H;1-40H.